The van der Waals surface area contributed by atoms with Crippen LogP contribution in [0, 0.1) is 0 Å². The molecular weight excluding hydrogens is 494 g/mol. The monoisotopic (exact) mass is 531 g/mol. The van der Waals surface area contributed by atoms with Crippen LogP contribution in [0.3, 0.4) is 0 Å². The molecule has 10 nitrogen and oxygen atoms in total. The van der Waals surface area contributed by atoms with Crippen LogP contribution in [0.4, 0.5) is 0 Å². The minimum atomic E-state index is -3.72. The Labute approximate surface area is 217 Å². The van der Waals surface area contributed by atoms with Gasteiger partial charge in [0.05, 0.1) is 22.6 Å². The minimum Gasteiger partial charge on any atom is -0.493 e. The van der Waals surface area contributed by atoms with Gasteiger partial charge in [-0.1, -0.05) is 20.8 Å². The van der Waals surface area contributed by atoms with Crippen molar-refractivity contribution in [1.29, 1.82) is 0 Å². The van der Waals surface area contributed by atoms with Gasteiger partial charge in [0, 0.05) is 45.3 Å². The van der Waals surface area contributed by atoms with Crippen LogP contribution in [0.25, 0.3) is 22.3 Å². The number of nitrogens with zero attached hydrogens (tertiary/aromatic N) is 4. The standard InChI is InChI=1S/C26H37N5O5S/c1-5-10-29-12-14-30(15-13-29)37(34,35)19-8-9-23(36-16-7-3)20(17-19)22-18-21-24(27-22)31(11-6-2)26(33)28(4)25(21)32/h8-9,17-18,27H,5-7,10-16H2,1-4H3. The summed E-state index contributed by atoms with van der Waals surface area (Å²) in [5.74, 6) is 0.515. The summed E-state index contributed by atoms with van der Waals surface area (Å²) >= 11 is 0. The summed E-state index contributed by atoms with van der Waals surface area (Å²) in [5.41, 5.74) is 0.686. The summed E-state index contributed by atoms with van der Waals surface area (Å²) < 4.78 is 37.3. The van der Waals surface area contributed by atoms with Crippen molar-refractivity contribution in [2.45, 2.75) is 51.5 Å². The molecule has 1 aromatic carbocycles. The highest BCUT2D eigenvalue weighted by Gasteiger charge is 2.29. The molecule has 2 aromatic heterocycles. The van der Waals surface area contributed by atoms with Crippen LogP contribution in [0.15, 0.2) is 38.8 Å². The van der Waals surface area contributed by atoms with E-state index in [-0.39, 0.29) is 4.90 Å². The average Bonchev–Trinajstić information content (AvgIpc) is 3.34. The van der Waals surface area contributed by atoms with E-state index in [1.54, 1.807) is 28.8 Å². The molecule has 37 heavy (non-hydrogen) atoms. The topological polar surface area (TPSA) is 110 Å². The summed E-state index contributed by atoms with van der Waals surface area (Å²) in [7, 11) is -2.26. The van der Waals surface area contributed by atoms with Gasteiger partial charge in [0.1, 0.15) is 11.4 Å². The van der Waals surface area contributed by atoms with Gasteiger partial charge >= 0.3 is 5.69 Å². The molecule has 3 heterocycles. The lowest BCUT2D eigenvalue weighted by atomic mass is 10.1. The van der Waals surface area contributed by atoms with Crippen molar-refractivity contribution in [3.63, 3.8) is 0 Å². The van der Waals surface area contributed by atoms with Gasteiger partial charge in [0.25, 0.3) is 5.56 Å². The number of hydrogen-bond acceptors (Lipinski definition) is 6. The summed E-state index contributed by atoms with van der Waals surface area (Å²) in [6.07, 6.45) is 2.53. The van der Waals surface area contributed by atoms with Crippen LogP contribution in [0.5, 0.6) is 5.75 Å². The smallest absolute Gasteiger partial charge is 0.332 e. The molecule has 11 heteroatoms. The molecule has 0 radical (unpaired) electrons. The fourth-order valence-corrected chi connectivity index (χ4v) is 6.27. The van der Waals surface area contributed by atoms with Crippen molar-refractivity contribution in [2.24, 2.45) is 7.05 Å². The second-order valence-corrected chi connectivity index (χ2v) is 11.4. The molecule has 1 aliphatic rings. The van der Waals surface area contributed by atoms with Gasteiger partial charge in [-0.25, -0.2) is 13.2 Å². The molecule has 0 spiro atoms. The number of benzene rings is 1. The molecule has 1 N–H and O–H groups in total. The molecule has 0 unspecified atom stereocenters. The highest BCUT2D eigenvalue weighted by Crippen LogP contribution is 2.34. The van der Waals surface area contributed by atoms with Gasteiger partial charge in [-0.05, 0) is 50.1 Å². The first kappa shape index (κ1) is 27.2. The number of hydrogen-bond donors (Lipinski definition) is 1. The summed E-state index contributed by atoms with van der Waals surface area (Å²) in [6.45, 7) is 10.2. The number of fused-ring (bicyclic) bond motifs is 1. The maximum absolute atomic E-state index is 13.6. The first-order chi connectivity index (χ1) is 17.7. The third-order valence-electron chi connectivity index (χ3n) is 6.78. The van der Waals surface area contributed by atoms with E-state index in [2.05, 4.69) is 16.8 Å². The van der Waals surface area contributed by atoms with Crippen molar-refractivity contribution in [3.05, 3.63) is 45.1 Å². The second kappa shape index (κ2) is 11.2. The fraction of sp³-hybridized carbons (Fsp3) is 0.538. The Bertz CT molecular complexity index is 1480. The van der Waals surface area contributed by atoms with Crippen LogP contribution >= 0.6 is 0 Å². The van der Waals surface area contributed by atoms with Gasteiger partial charge < -0.3 is 14.6 Å². The van der Waals surface area contributed by atoms with Crippen molar-refractivity contribution < 1.29 is 13.2 Å². The lowest BCUT2D eigenvalue weighted by Crippen LogP contribution is -2.48. The summed E-state index contributed by atoms with van der Waals surface area (Å²) in [5, 5.41) is 0.368. The Morgan fingerprint density at radius 2 is 1.65 bits per heavy atom. The zero-order chi connectivity index (χ0) is 26.7. The first-order valence-electron chi connectivity index (χ1n) is 13.0. The van der Waals surface area contributed by atoms with E-state index in [4.69, 9.17) is 4.74 Å². The number of aromatic nitrogens is 3. The number of ether oxygens (including phenoxy) is 1. The predicted molar refractivity (Wildman–Crippen MR) is 145 cm³/mol. The number of aromatic amines is 1. The van der Waals surface area contributed by atoms with E-state index in [1.165, 1.54) is 11.4 Å². The zero-order valence-electron chi connectivity index (χ0n) is 22.1. The number of nitrogens with one attached hydrogen (secondary N) is 1. The van der Waals surface area contributed by atoms with Gasteiger partial charge in [0.15, 0.2) is 0 Å². The van der Waals surface area contributed by atoms with Crippen LogP contribution < -0.4 is 16.0 Å². The molecule has 202 valence electrons. The molecule has 3 aromatic rings. The van der Waals surface area contributed by atoms with E-state index >= 15 is 0 Å². The Kier molecular flexibility index (Phi) is 8.25. The van der Waals surface area contributed by atoms with Crippen LogP contribution in [0.2, 0.25) is 0 Å². The van der Waals surface area contributed by atoms with Crippen molar-refractivity contribution in [2.75, 3.05) is 39.3 Å². The Hall–Kier alpha value is -2.89. The molecule has 1 saturated heterocycles. The molecule has 0 saturated carbocycles. The van der Waals surface area contributed by atoms with Crippen molar-refractivity contribution >= 4 is 21.1 Å². The molecule has 0 atom stereocenters. The third-order valence-corrected chi connectivity index (χ3v) is 8.67. The largest absolute Gasteiger partial charge is 0.493 e. The SMILES string of the molecule is CCCOc1ccc(S(=O)(=O)N2CCN(CCC)CC2)cc1-c1cc2c(=O)n(C)c(=O)n(CCC)c2[nH]1. The Balaban J connectivity index is 1.81. The Morgan fingerprint density at radius 3 is 2.30 bits per heavy atom. The first-order valence-corrected chi connectivity index (χ1v) is 14.5. The number of piperazine rings is 1. The number of rotatable bonds is 10. The second-order valence-electron chi connectivity index (χ2n) is 9.50. The highest BCUT2D eigenvalue weighted by molar-refractivity contribution is 7.89. The summed E-state index contributed by atoms with van der Waals surface area (Å²) in [4.78, 5) is 31.3. The quantitative estimate of drug-likeness (QED) is 0.431. The van der Waals surface area contributed by atoms with Crippen molar-refractivity contribution in [1.82, 2.24) is 23.3 Å². The van der Waals surface area contributed by atoms with E-state index in [0.29, 0.717) is 73.8 Å². The number of aryl methyl sites for hydroxylation is 1. The molecule has 0 aliphatic carbocycles. The minimum absolute atomic E-state index is 0.174. The summed E-state index contributed by atoms with van der Waals surface area (Å²) in [6, 6.07) is 6.54. The normalized spacial score (nSPS) is 15.5. The molecule has 1 aliphatic heterocycles. The lowest BCUT2D eigenvalue weighted by Gasteiger charge is -2.33. The molecule has 0 bridgehead atoms. The number of H-pyrrole nitrogens is 1. The maximum Gasteiger partial charge on any atom is 0.332 e. The van der Waals surface area contributed by atoms with Crippen molar-refractivity contribution in [3.8, 4) is 17.0 Å². The molecule has 4 rings (SSSR count). The average molecular weight is 532 g/mol. The Morgan fingerprint density at radius 1 is 0.946 bits per heavy atom. The molecule has 0 amide bonds. The van der Waals surface area contributed by atoms with Crippen LogP contribution in [0.1, 0.15) is 40.0 Å². The fourth-order valence-electron chi connectivity index (χ4n) is 4.82. The molecule has 1 fully saturated rings. The van der Waals surface area contributed by atoms with Crippen LogP contribution in [-0.2, 0) is 23.6 Å². The number of sulfonamides is 1. The van der Waals surface area contributed by atoms with Crippen LogP contribution in [-0.4, -0.2) is 71.1 Å². The van der Waals surface area contributed by atoms with Gasteiger partial charge in [-0.3, -0.25) is 13.9 Å². The van der Waals surface area contributed by atoms with E-state index in [9.17, 15) is 18.0 Å². The van der Waals surface area contributed by atoms with E-state index in [0.717, 1.165) is 24.0 Å². The third kappa shape index (κ3) is 5.25. The van der Waals surface area contributed by atoms with Gasteiger partial charge in [-0.2, -0.15) is 4.31 Å². The van der Waals surface area contributed by atoms with Gasteiger partial charge in [-0.15, -0.1) is 0 Å². The zero-order valence-corrected chi connectivity index (χ0v) is 22.9. The lowest BCUT2D eigenvalue weighted by molar-refractivity contribution is 0.188. The predicted octanol–water partition coefficient (Wildman–Crippen LogP) is 2.61. The van der Waals surface area contributed by atoms with E-state index in [1.807, 2.05) is 13.8 Å². The highest BCUT2D eigenvalue weighted by atomic mass is 32.2. The maximum atomic E-state index is 13.6. The van der Waals surface area contributed by atoms with E-state index < -0.39 is 21.3 Å². The van der Waals surface area contributed by atoms with Gasteiger partial charge in [0.2, 0.25) is 10.0 Å². The molecular formula is C26H37N5O5S.